The topological polar surface area (TPSA) is 73.0 Å². The number of rotatable bonds is 1. The average molecular weight is 300 g/mol. The molecule has 0 saturated heterocycles. The first kappa shape index (κ1) is 13.4. The van der Waals surface area contributed by atoms with Crippen molar-refractivity contribution in [2.45, 2.75) is 13.8 Å². The van der Waals surface area contributed by atoms with E-state index in [9.17, 15) is 4.79 Å². The maximum absolute atomic E-state index is 12.5. The molecule has 0 unspecified atom stereocenters. The van der Waals surface area contributed by atoms with Crippen molar-refractivity contribution in [3.05, 3.63) is 52.1 Å². The highest BCUT2D eigenvalue weighted by Gasteiger charge is 2.17. The summed E-state index contributed by atoms with van der Waals surface area (Å²) in [4.78, 5) is 12.5. The minimum Gasteiger partial charge on any atom is -0.354 e. The first-order valence-corrected chi connectivity index (χ1v) is 6.71. The summed E-state index contributed by atoms with van der Waals surface area (Å²) in [6.07, 6.45) is 0. The molecular weight excluding hydrogens is 288 g/mol. The van der Waals surface area contributed by atoms with E-state index in [1.807, 2.05) is 30.3 Å². The van der Waals surface area contributed by atoms with Crippen LogP contribution in [0.3, 0.4) is 0 Å². The van der Waals surface area contributed by atoms with Crippen LogP contribution in [-0.4, -0.2) is 20.0 Å². The highest BCUT2D eigenvalue weighted by Crippen LogP contribution is 2.15. The molecule has 1 N–H and O–H groups in total. The van der Waals surface area contributed by atoms with Gasteiger partial charge in [0.1, 0.15) is 11.1 Å². The van der Waals surface area contributed by atoms with Crippen molar-refractivity contribution in [1.29, 1.82) is 0 Å². The molecule has 0 radical (unpaired) electrons. The van der Waals surface area contributed by atoms with Gasteiger partial charge in [0, 0.05) is 5.69 Å². The fourth-order valence-electron chi connectivity index (χ4n) is 2.05. The summed E-state index contributed by atoms with van der Waals surface area (Å²) in [5.74, 6) is 0. The van der Waals surface area contributed by atoms with Gasteiger partial charge in [-0.3, -0.25) is 4.79 Å². The van der Waals surface area contributed by atoms with Crippen LogP contribution < -0.4 is 10.9 Å². The van der Waals surface area contributed by atoms with Gasteiger partial charge < -0.3 is 9.84 Å². The minimum atomic E-state index is -0.345. The van der Waals surface area contributed by atoms with Crippen LogP contribution in [0.2, 0.25) is 0 Å². The van der Waals surface area contributed by atoms with Crippen molar-refractivity contribution >= 4 is 34.0 Å². The Hall–Kier alpha value is -2.54. The van der Waals surface area contributed by atoms with Crippen LogP contribution in [0.15, 0.2) is 39.6 Å². The molecule has 2 aromatic heterocycles. The lowest BCUT2D eigenvalue weighted by Crippen LogP contribution is -2.33. The summed E-state index contributed by atoms with van der Waals surface area (Å²) in [6.45, 7) is 3.46. The number of benzene rings is 1. The Morgan fingerprint density at radius 3 is 2.67 bits per heavy atom. The third-order valence-corrected chi connectivity index (χ3v) is 3.34. The number of nitrogens with zero attached hydrogens (tertiary/aromatic N) is 3. The van der Waals surface area contributed by atoms with Crippen LogP contribution in [-0.2, 0) is 0 Å². The molecule has 2 heterocycles. The highest BCUT2D eigenvalue weighted by atomic mass is 32.1. The summed E-state index contributed by atoms with van der Waals surface area (Å²) >= 11 is 5.27. The van der Waals surface area contributed by atoms with Gasteiger partial charge >= 0.3 is 0 Å². The van der Waals surface area contributed by atoms with E-state index in [0.717, 1.165) is 10.4 Å². The number of hydrogen-bond acceptors (Lipinski definition) is 5. The predicted molar refractivity (Wildman–Crippen MR) is 83.6 cm³/mol. The van der Waals surface area contributed by atoms with Gasteiger partial charge in [0.2, 0.25) is 5.11 Å². The monoisotopic (exact) mass is 300 g/mol. The summed E-state index contributed by atoms with van der Waals surface area (Å²) in [6, 6.07) is 9.36. The molecule has 0 aliphatic heterocycles. The van der Waals surface area contributed by atoms with Crippen LogP contribution in [0.25, 0.3) is 11.0 Å². The van der Waals surface area contributed by atoms with Crippen LogP contribution >= 0.6 is 12.2 Å². The van der Waals surface area contributed by atoms with Crippen LogP contribution in [0.5, 0.6) is 0 Å². The zero-order chi connectivity index (χ0) is 15.0. The zero-order valence-corrected chi connectivity index (χ0v) is 12.3. The van der Waals surface area contributed by atoms with E-state index in [1.54, 1.807) is 13.8 Å². The van der Waals surface area contributed by atoms with Crippen LogP contribution in [0.1, 0.15) is 11.4 Å². The predicted octanol–water partition coefficient (Wildman–Crippen LogP) is 2.25. The molecule has 0 bridgehead atoms. The van der Waals surface area contributed by atoms with Gasteiger partial charge in [0.25, 0.3) is 5.56 Å². The Morgan fingerprint density at radius 1 is 1.24 bits per heavy atom. The standard InChI is InChI=1S/C14H12N4O2S/c1-8-11-12(20-17-8)9(2)16-18(13(11)19)14(21)15-10-6-4-3-5-7-10/h3-7H,1-2H3,(H,15,21). The first-order valence-electron chi connectivity index (χ1n) is 6.30. The van der Waals surface area contributed by atoms with Gasteiger partial charge in [-0.2, -0.15) is 9.78 Å². The van der Waals surface area contributed by atoms with E-state index in [2.05, 4.69) is 15.6 Å². The van der Waals surface area contributed by atoms with E-state index in [4.69, 9.17) is 16.7 Å². The molecule has 6 nitrogen and oxygen atoms in total. The molecule has 21 heavy (non-hydrogen) atoms. The third-order valence-electron chi connectivity index (χ3n) is 3.06. The van der Waals surface area contributed by atoms with Gasteiger partial charge in [-0.05, 0) is 38.2 Å². The molecule has 3 rings (SSSR count). The zero-order valence-electron chi connectivity index (χ0n) is 11.5. The Kier molecular flexibility index (Phi) is 3.26. The number of thiocarbonyl (C=S) groups is 1. The Balaban J connectivity index is 2.08. The van der Waals surface area contributed by atoms with E-state index < -0.39 is 0 Å². The van der Waals surface area contributed by atoms with Crippen molar-refractivity contribution in [3.8, 4) is 0 Å². The molecule has 7 heteroatoms. The van der Waals surface area contributed by atoms with E-state index in [0.29, 0.717) is 22.4 Å². The lowest BCUT2D eigenvalue weighted by molar-refractivity contribution is 0.447. The van der Waals surface area contributed by atoms with Gasteiger partial charge in [-0.1, -0.05) is 23.4 Å². The van der Waals surface area contributed by atoms with Gasteiger partial charge in [-0.15, -0.1) is 0 Å². The minimum absolute atomic E-state index is 0.205. The van der Waals surface area contributed by atoms with Crippen molar-refractivity contribution in [1.82, 2.24) is 14.9 Å². The number of aryl methyl sites for hydroxylation is 2. The fraction of sp³-hybridized carbons (Fsp3) is 0.143. The highest BCUT2D eigenvalue weighted by molar-refractivity contribution is 7.80. The second kappa shape index (κ2) is 5.10. The number of para-hydroxylation sites is 1. The molecular formula is C14H12N4O2S. The molecule has 0 aliphatic carbocycles. The Labute approximate surface area is 125 Å². The average Bonchev–Trinajstić information content (AvgIpc) is 2.86. The number of nitrogens with one attached hydrogen (secondary N) is 1. The maximum atomic E-state index is 12.5. The fourth-order valence-corrected chi connectivity index (χ4v) is 2.29. The summed E-state index contributed by atoms with van der Waals surface area (Å²) in [5, 5.41) is 11.6. The Morgan fingerprint density at radius 2 is 1.95 bits per heavy atom. The largest absolute Gasteiger partial charge is 0.354 e. The second-order valence-corrected chi connectivity index (χ2v) is 4.96. The van der Waals surface area contributed by atoms with E-state index in [1.165, 1.54) is 0 Å². The van der Waals surface area contributed by atoms with E-state index >= 15 is 0 Å². The molecule has 0 fully saturated rings. The number of anilines is 1. The Bertz CT molecular complexity index is 883. The molecule has 0 aliphatic rings. The quantitative estimate of drug-likeness (QED) is 0.695. The van der Waals surface area contributed by atoms with Gasteiger partial charge in [0.05, 0.1) is 5.69 Å². The van der Waals surface area contributed by atoms with Crippen LogP contribution in [0.4, 0.5) is 5.69 Å². The molecule has 3 aromatic rings. The molecule has 1 aromatic carbocycles. The maximum Gasteiger partial charge on any atom is 0.286 e. The lowest BCUT2D eigenvalue weighted by Gasteiger charge is -2.09. The molecule has 106 valence electrons. The van der Waals surface area contributed by atoms with Crippen molar-refractivity contribution in [3.63, 3.8) is 0 Å². The smallest absolute Gasteiger partial charge is 0.286 e. The molecule has 0 spiro atoms. The molecule has 0 saturated carbocycles. The van der Waals surface area contributed by atoms with Gasteiger partial charge in [0.15, 0.2) is 5.58 Å². The first-order chi connectivity index (χ1) is 10.1. The number of aromatic nitrogens is 3. The summed E-state index contributed by atoms with van der Waals surface area (Å²) in [7, 11) is 0. The van der Waals surface area contributed by atoms with Crippen molar-refractivity contribution < 1.29 is 4.52 Å². The summed E-state index contributed by atoms with van der Waals surface area (Å²) in [5.41, 5.74) is 1.93. The third kappa shape index (κ3) is 2.31. The van der Waals surface area contributed by atoms with Crippen molar-refractivity contribution in [2.75, 3.05) is 5.32 Å². The van der Waals surface area contributed by atoms with Gasteiger partial charge in [-0.25, -0.2) is 0 Å². The number of hydrogen-bond donors (Lipinski definition) is 1. The molecule has 0 amide bonds. The van der Waals surface area contributed by atoms with Crippen LogP contribution in [0, 0.1) is 13.8 Å². The SMILES string of the molecule is Cc1nn(C(=S)Nc2ccccc2)c(=O)c2c(C)noc12. The number of fused-ring (bicyclic) bond motifs is 1. The van der Waals surface area contributed by atoms with E-state index in [-0.39, 0.29) is 10.7 Å². The van der Waals surface area contributed by atoms with Crippen molar-refractivity contribution in [2.24, 2.45) is 0 Å². The molecule has 0 atom stereocenters. The second-order valence-electron chi connectivity index (χ2n) is 4.57. The normalized spacial score (nSPS) is 10.8. The summed E-state index contributed by atoms with van der Waals surface area (Å²) < 4.78 is 6.28. The lowest BCUT2D eigenvalue weighted by atomic mass is 10.2.